The first-order valence-electron chi connectivity index (χ1n) is 7.05. The van der Waals surface area contributed by atoms with Crippen LogP contribution in [-0.2, 0) is 0 Å². The molecule has 3 heteroatoms. The normalized spacial score (nSPS) is 26.1. The quantitative estimate of drug-likeness (QED) is 0.792. The van der Waals surface area contributed by atoms with Crippen molar-refractivity contribution in [1.82, 2.24) is 15.1 Å². The van der Waals surface area contributed by atoms with Crippen molar-refractivity contribution in [3.05, 3.63) is 0 Å². The highest BCUT2D eigenvalue weighted by Gasteiger charge is 2.26. The maximum atomic E-state index is 3.68. The van der Waals surface area contributed by atoms with Gasteiger partial charge in [-0.25, -0.2) is 0 Å². The Morgan fingerprint density at radius 2 is 2.00 bits per heavy atom. The van der Waals surface area contributed by atoms with Crippen molar-refractivity contribution in [2.45, 2.75) is 58.7 Å². The van der Waals surface area contributed by atoms with Gasteiger partial charge in [0.2, 0.25) is 0 Å². The van der Waals surface area contributed by atoms with E-state index in [1.54, 1.807) is 0 Å². The number of nitrogens with zero attached hydrogens (tertiary/aromatic N) is 2. The third kappa shape index (κ3) is 4.57. The summed E-state index contributed by atoms with van der Waals surface area (Å²) in [6, 6.07) is 1.31. The lowest BCUT2D eigenvalue weighted by Gasteiger charge is -2.42. The molecule has 1 N–H and O–H groups in total. The number of likely N-dealkylation sites (N-methyl/N-ethyl adjacent to an activating group) is 1. The van der Waals surface area contributed by atoms with Crippen LogP contribution in [0, 0.1) is 0 Å². The molecule has 0 amide bonds. The van der Waals surface area contributed by atoms with Crippen LogP contribution in [0.15, 0.2) is 0 Å². The maximum Gasteiger partial charge on any atom is 0.0198 e. The summed E-state index contributed by atoms with van der Waals surface area (Å²) in [6.45, 7) is 16.2. The molecule has 2 unspecified atom stereocenters. The molecule has 0 aromatic rings. The summed E-state index contributed by atoms with van der Waals surface area (Å²) in [7, 11) is 2.22. The van der Waals surface area contributed by atoms with E-state index in [0.29, 0.717) is 12.1 Å². The first kappa shape index (κ1) is 14.9. The summed E-state index contributed by atoms with van der Waals surface area (Å²) >= 11 is 0. The van der Waals surface area contributed by atoms with Crippen LogP contribution < -0.4 is 5.32 Å². The lowest BCUT2D eigenvalue weighted by Crippen LogP contribution is -2.57. The lowest BCUT2D eigenvalue weighted by molar-refractivity contribution is 0.0645. The Bertz CT molecular complexity index is 228. The fourth-order valence-corrected chi connectivity index (χ4v) is 2.47. The Morgan fingerprint density at radius 3 is 2.53 bits per heavy atom. The van der Waals surface area contributed by atoms with Gasteiger partial charge < -0.3 is 10.2 Å². The van der Waals surface area contributed by atoms with Gasteiger partial charge in [0.15, 0.2) is 0 Å². The van der Waals surface area contributed by atoms with Crippen molar-refractivity contribution in [1.29, 1.82) is 0 Å². The SMILES string of the molecule is CCC(C)(C)NCC(C)N1CCN(C)CC1C. The first-order chi connectivity index (χ1) is 7.85. The van der Waals surface area contributed by atoms with Crippen LogP contribution in [0.4, 0.5) is 0 Å². The van der Waals surface area contributed by atoms with Gasteiger partial charge in [-0.15, -0.1) is 0 Å². The highest BCUT2D eigenvalue weighted by Crippen LogP contribution is 2.13. The molecule has 17 heavy (non-hydrogen) atoms. The average molecular weight is 241 g/mol. The molecular weight excluding hydrogens is 210 g/mol. The van der Waals surface area contributed by atoms with Crippen LogP contribution in [0.25, 0.3) is 0 Å². The highest BCUT2D eigenvalue weighted by molar-refractivity contribution is 4.84. The Hall–Kier alpha value is -0.120. The molecule has 1 aliphatic heterocycles. The Labute approximate surface area is 108 Å². The van der Waals surface area contributed by atoms with Gasteiger partial charge in [0.25, 0.3) is 0 Å². The molecule has 0 aromatic heterocycles. The molecule has 3 nitrogen and oxygen atoms in total. The fraction of sp³-hybridized carbons (Fsp3) is 1.00. The molecule has 0 bridgehead atoms. The molecule has 0 radical (unpaired) electrons. The fourth-order valence-electron chi connectivity index (χ4n) is 2.47. The number of piperazine rings is 1. The summed E-state index contributed by atoms with van der Waals surface area (Å²) < 4.78 is 0. The first-order valence-corrected chi connectivity index (χ1v) is 7.05. The van der Waals surface area contributed by atoms with E-state index in [1.165, 1.54) is 26.1 Å². The Morgan fingerprint density at radius 1 is 1.35 bits per heavy atom. The molecule has 1 heterocycles. The average Bonchev–Trinajstić information content (AvgIpc) is 2.26. The van der Waals surface area contributed by atoms with Crippen LogP contribution in [0.5, 0.6) is 0 Å². The maximum absolute atomic E-state index is 3.68. The molecule has 1 aliphatic rings. The number of nitrogens with one attached hydrogen (secondary N) is 1. The Kier molecular flexibility index (Phi) is 5.42. The van der Waals surface area contributed by atoms with Crippen molar-refractivity contribution in [2.24, 2.45) is 0 Å². The monoisotopic (exact) mass is 241 g/mol. The van der Waals surface area contributed by atoms with Crippen LogP contribution in [-0.4, -0.2) is 60.6 Å². The van der Waals surface area contributed by atoms with Crippen LogP contribution in [0.3, 0.4) is 0 Å². The van der Waals surface area contributed by atoms with E-state index >= 15 is 0 Å². The number of hydrogen-bond donors (Lipinski definition) is 1. The third-order valence-electron chi connectivity index (χ3n) is 4.21. The molecular formula is C14H31N3. The molecule has 1 fully saturated rings. The second-order valence-corrected chi connectivity index (χ2v) is 6.32. The molecule has 2 atom stereocenters. The van der Waals surface area contributed by atoms with Crippen molar-refractivity contribution in [3.8, 4) is 0 Å². The second kappa shape index (κ2) is 6.17. The molecule has 0 aliphatic carbocycles. The van der Waals surface area contributed by atoms with Gasteiger partial charge in [0, 0.05) is 43.8 Å². The predicted octanol–water partition coefficient (Wildman–Crippen LogP) is 1.79. The molecule has 0 aromatic carbocycles. The minimum absolute atomic E-state index is 0.268. The summed E-state index contributed by atoms with van der Waals surface area (Å²) in [4.78, 5) is 5.07. The van der Waals surface area contributed by atoms with E-state index in [4.69, 9.17) is 0 Å². The minimum atomic E-state index is 0.268. The topological polar surface area (TPSA) is 18.5 Å². The minimum Gasteiger partial charge on any atom is -0.310 e. The molecule has 1 saturated heterocycles. The van der Waals surface area contributed by atoms with E-state index in [2.05, 4.69) is 56.8 Å². The van der Waals surface area contributed by atoms with Crippen LogP contribution in [0.2, 0.25) is 0 Å². The van der Waals surface area contributed by atoms with Crippen LogP contribution in [0.1, 0.15) is 41.0 Å². The molecule has 0 saturated carbocycles. The second-order valence-electron chi connectivity index (χ2n) is 6.32. The van der Waals surface area contributed by atoms with E-state index in [-0.39, 0.29) is 5.54 Å². The van der Waals surface area contributed by atoms with Crippen molar-refractivity contribution < 1.29 is 0 Å². The number of hydrogen-bond acceptors (Lipinski definition) is 3. The Balaban J connectivity index is 2.39. The summed E-state index contributed by atoms with van der Waals surface area (Å²) in [5.74, 6) is 0. The summed E-state index contributed by atoms with van der Waals surface area (Å²) in [5.41, 5.74) is 0.268. The van der Waals surface area contributed by atoms with Gasteiger partial charge in [-0.3, -0.25) is 4.90 Å². The molecule has 0 spiro atoms. The third-order valence-corrected chi connectivity index (χ3v) is 4.21. The van der Waals surface area contributed by atoms with E-state index in [1.807, 2.05) is 0 Å². The highest BCUT2D eigenvalue weighted by atomic mass is 15.3. The largest absolute Gasteiger partial charge is 0.310 e. The number of rotatable bonds is 5. The summed E-state index contributed by atoms with van der Waals surface area (Å²) in [5, 5.41) is 3.68. The molecule has 102 valence electrons. The zero-order valence-electron chi connectivity index (χ0n) is 12.6. The van der Waals surface area contributed by atoms with Gasteiger partial charge in [0.1, 0.15) is 0 Å². The van der Waals surface area contributed by atoms with Crippen molar-refractivity contribution in [3.63, 3.8) is 0 Å². The molecule has 1 rings (SSSR count). The van der Waals surface area contributed by atoms with Gasteiger partial charge in [-0.1, -0.05) is 6.92 Å². The zero-order chi connectivity index (χ0) is 13.1. The van der Waals surface area contributed by atoms with Crippen molar-refractivity contribution in [2.75, 3.05) is 33.2 Å². The van der Waals surface area contributed by atoms with E-state index in [9.17, 15) is 0 Å². The van der Waals surface area contributed by atoms with Crippen molar-refractivity contribution >= 4 is 0 Å². The predicted molar refractivity (Wildman–Crippen MR) is 75.5 cm³/mol. The van der Waals surface area contributed by atoms with E-state index < -0.39 is 0 Å². The van der Waals surface area contributed by atoms with Crippen LogP contribution >= 0.6 is 0 Å². The van der Waals surface area contributed by atoms with Gasteiger partial charge in [0.05, 0.1) is 0 Å². The van der Waals surface area contributed by atoms with E-state index in [0.717, 1.165) is 6.54 Å². The smallest absolute Gasteiger partial charge is 0.0198 e. The van der Waals surface area contributed by atoms with Gasteiger partial charge >= 0.3 is 0 Å². The standard InChI is InChI=1S/C14H31N3/c1-7-14(4,5)15-10-12(2)17-9-8-16(6)11-13(17)3/h12-13,15H,7-11H2,1-6H3. The van der Waals surface area contributed by atoms with Gasteiger partial charge in [-0.2, -0.15) is 0 Å². The zero-order valence-corrected chi connectivity index (χ0v) is 12.6. The lowest BCUT2D eigenvalue weighted by atomic mass is 10.0. The summed E-state index contributed by atoms with van der Waals surface area (Å²) in [6.07, 6.45) is 1.18. The van der Waals surface area contributed by atoms with Gasteiger partial charge in [-0.05, 0) is 41.2 Å².